The van der Waals surface area contributed by atoms with Gasteiger partial charge in [0.1, 0.15) is 0 Å². The van der Waals surface area contributed by atoms with Crippen molar-refractivity contribution < 1.29 is 27.4 Å². The number of anilines is 2. The van der Waals surface area contributed by atoms with E-state index in [1.54, 1.807) is 18.2 Å². The molecule has 3 saturated heterocycles. The number of nitrogens with one attached hydrogen (secondary N) is 2. The lowest BCUT2D eigenvalue weighted by Gasteiger charge is -2.27. The van der Waals surface area contributed by atoms with Gasteiger partial charge in [-0.2, -0.15) is 4.31 Å². The third kappa shape index (κ3) is 5.56. The maximum atomic E-state index is 13.1. The average molecular weight is 454 g/mol. The van der Waals surface area contributed by atoms with E-state index in [1.807, 2.05) is 0 Å². The first-order valence-corrected chi connectivity index (χ1v) is 12.4. The summed E-state index contributed by atoms with van der Waals surface area (Å²) in [4.78, 5) is 13.0. The molecule has 0 aliphatic carbocycles. The van der Waals surface area contributed by atoms with E-state index < -0.39 is 10.0 Å². The van der Waals surface area contributed by atoms with Crippen molar-refractivity contribution in [2.24, 2.45) is 5.92 Å². The summed E-state index contributed by atoms with van der Waals surface area (Å²) in [5.74, 6) is -0.247. The van der Waals surface area contributed by atoms with Gasteiger partial charge in [0.15, 0.2) is 0 Å². The van der Waals surface area contributed by atoms with Crippen molar-refractivity contribution in [3.05, 3.63) is 18.2 Å². The molecule has 0 radical (unpaired) electrons. The summed E-state index contributed by atoms with van der Waals surface area (Å²) in [6, 6.07) is 4.87. The first-order chi connectivity index (χ1) is 15.0. The summed E-state index contributed by atoms with van der Waals surface area (Å²) in [6.07, 6.45) is 3.47. The zero-order chi connectivity index (χ0) is 21.7. The highest BCUT2D eigenvalue weighted by molar-refractivity contribution is 7.89. The van der Waals surface area contributed by atoms with E-state index in [0.717, 1.165) is 19.4 Å². The Morgan fingerprint density at radius 1 is 1.00 bits per heavy atom. The Morgan fingerprint density at radius 2 is 1.74 bits per heavy atom. The van der Waals surface area contributed by atoms with Crippen LogP contribution in [0.15, 0.2) is 23.1 Å². The fourth-order valence-corrected chi connectivity index (χ4v) is 5.54. The van der Waals surface area contributed by atoms with Crippen molar-refractivity contribution in [2.75, 3.05) is 63.3 Å². The summed E-state index contributed by atoms with van der Waals surface area (Å²) >= 11 is 0. The molecule has 172 valence electrons. The van der Waals surface area contributed by atoms with Crippen molar-refractivity contribution in [1.29, 1.82) is 0 Å². The number of carbonyl (C=O) groups is 1. The number of carbonyl (C=O) groups excluding carboxylic acids is 1. The molecule has 0 bridgehead atoms. The lowest BCUT2D eigenvalue weighted by Crippen LogP contribution is -2.40. The summed E-state index contributed by atoms with van der Waals surface area (Å²) in [6.45, 7) is 3.91. The number of rotatable bonds is 7. The molecule has 3 aliphatic heterocycles. The highest BCUT2D eigenvalue weighted by atomic mass is 32.2. The minimum absolute atomic E-state index is 0.107. The normalized spacial score (nSPS) is 23.5. The molecule has 10 heteroatoms. The number of hydrogen-bond donors (Lipinski definition) is 2. The van der Waals surface area contributed by atoms with Gasteiger partial charge in [-0.25, -0.2) is 8.42 Å². The minimum Gasteiger partial charge on any atom is -0.381 e. The van der Waals surface area contributed by atoms with Gasteiger partial charge in [0, 0.05) is 45.4 Å². The van der Waals surface area contributed by atoms with E-state index >= 15 is 0 Å². The van der Waals surface area contributed by atoms with Crippen molar-refractivity contribution in [3.63, 3.8) is 0 Å². The van der Waals surface area contributed by atoms with E-state index in [4.69, 9.17) is 14.2 Å². The molecule has 2 N–H and O–H groups in total. The van der Waals surface area contributed by atoms with Crippen LogP contribution in [0.5, 0.6) is 0 Å². The number of nitrogens with zero attached hydrogens (tertiary/aromatic N) is 1. The van der Waals surface area contributed by atoms with Crippen LogP contribution in [0.3, 0.4) is 0 Å². The monoisotopic (exact) mass is 453 g/mol. The number of amides is 1. The minimum atomic E-state index is -3.66. The third-order valence-electron chi connectivity index (χ3n) is 5.99. The molecule has 1 amide bonds. The molecule has 4 rings (SSSR count). The zero-order valence-corrected chi connectivity index (χ0v) is 18.5. The predicted octanol–water partition coefficient (Wildman–Crippen LogP) is 1.66. The van der Waals surface area contributed by atoms with Gasteiger partial charge in [0.25, 0.3) is 0 Å². The summed E-state index contributed by atoms with van der Waals surface area (Å²) in [5.41, 5.74) is 1.17. The smallest absolute Gasteiger partial charge is 0.243 e. The van der Waals surface area contributed by atoms with Crippen LogP contribution >= 0.6 is 0 Å². The van der Waals surface area contributed by atoms with Crippen LogP contribution in [-0.2, 0) is 29.0 Å². The second-order valence-corrected chi connectivity index (χ2v) is 10.1. The van der Waals surface area contributed by atoms with Crippen LogP contribution in [0.2, 0.25) is 0 Å². The average Bonchev–Trinajstić information content (AvgIpc) is 3.33. The van der Waals surface area contributed by atoms with Gasteiger partial charge in [-0.3, -0.25) is 4.79 Å². The molecule has 9 nitrogen and oxygen atoms in total. The highest BCUT2D eigenvalue weighted by Gasteiger charge is 2.28. The van der Waals surface area contributed by atoms with E-state index in [-0.39, 0.29) is 22.8 Å². The largest absolute Gasteiger partial charge is 0.381 e. The Labute approximate surface area is 183 Å². The molecule has 0 spiro atoms. The van der Waals surface area contributed by atoms with E-state index in [9.17, 15) is 13.2 Å². The van der Waals surface area contributed by atoms with E-state index in [0.29, 0.717) is 70.3 Å². The van der Waals surface area contributed by atoms with E-state index in [1.165, 1.54) is 4.31 Å². The predicted molar refractivity (Wildman–Crippen MR) is 116 cm³/mol. The molecule has 1 unspecified atom stereocenters. The summed E-state index contributed by atoms with van der Waals surface area (Å²) < 4.78 is 43.9. The standard InChI is InChI=1S/C21H31N3O6S/c25-21(16-5-10-28-11-6-16)23-20-14-18(31(26,27)24-7-12-29-13-8-24)3-4-19(20)22-15-17-2-1-9-30-17/h3-4,14,16-17,22H,1-2,5-13,15H2,(H,23,25). The Kier molecular flexibility index (Phi) is 7.44. The Hall–Kier alpha value is -1.72. The van der Waals surface area contributed by atoms with Gasteiger partial charge < -0.3 is 24.8 Å². The second-order valence-electron chi connectivity index (χ2n) is 8.12. The van der Waals surface area contributed by atoms with Crippen LogP contribution in [0.1, 0.15) is 25.7 Å². The number of ether oxygens (including phenoxy) is 3. The molecule has 1 atom stereocenters. The first kappa shape index (κ1) is 22.5. The maximum absolute atomic E-state index is 13.1. The van der Waals surface area contributed by atoms with Crippen molar-refractivity contribution in [3.8, 4) is 0 Å². The molecule has 0 saturated carbocycles. The van der Waals surface area contributed by atoms with Crippen LogP contribution in [0, 0.1) is 5.92 Å². The molecule has 1 aromatic rings. The quantitative estimate of drug-likeness (QED) is 0.647. The first-order valence-electron chi connectivity index (χ1n) is 11.0. The molecule has 0 aromatic heterocycles. The van der Waals surface area contributed by atoms with Crippen LogP contribution in [-0.4, -0.2) is 77.4 Å². The Morgan fingerprint density at radius 3 is 2.45 bits per heavy atom. The highest BCUT2D eigenvalue weighted by Crippen LogP contribution is 2.29. The molecule has 3 fully saturated rings. The SMILES string of the molecule is O=C(Nc1cc(S(=O)(=O)N2CCOCC2)ccc1NCC1CCCO1)C1CCOCC1. The second kappa shape index (κ2) is 10.3. The number of sulfonamides is 1. The molecular formula is C21H31N3O6S. The van der Waals surface area contributed by atoms with Gasteiger partial charge in [-0.05, 0) is 43.9 Å². The Balaban J connectivity index is 1.55. The molecule has 3 heterocycles. The number of morpholine rings is 1. The topological polar surface area (TPSA) is 106 Å². The summed E-state index contributed by atoms with van der Waals surface area (Å²) in [5, 5.41) is 6.29. The number of benzene rings is 1. The van der Waals surface area contributed by atoms with Crippen molar-refractivity contribution in [2.45, 2.75) is 36.7 Å². The van der Waals surface area contributed by atoms with Crippen molar-refractivity contribution in [1.82, 2.24) is 4.31 Å². The van der Waals surface area contributed by atoms with Gasteiger partial charge in [-0.15, -0.1) is 0 Å². The lowest BCUT2D eigenvalue weighted by molar-refractivity contribution is -0.122. The van der Waals surface area contributed by atoms with Gasteiger partial charge in [0.05, 0.1) is 35.6 Å². The fourth-order valence-electron chi connectivity index (χ4n) is 4.10. The molecule has 1 aromatic carbocycles. The van der Waals surface area contributed by atoms with Crippen molar-refractivity contribution >= 4 is 27.3 Å². The molecular weight excluding hydrogens is 422 g/mol. The van der Waals surface area contributed by atoms with Crippen LogP contribution < -0.4 is 10.6 Å². The fraction of sp³-hybridized carbons (Fsp3) is 0.667. The third-order valence-corrected chi connectivity index (χ3v) is 7.89. The summed E-state index contributed by atoms with van der Waals surface area (Å²) in [7, 11) is -3.66. The van der Waals surface area contributed by atoms with Gasteiger partial charge >= 0.3 is 0 Å². The molecule has 3 aliphatic rings. The van der Waals surface area contributed by atoms with E-state index in [2.05, 4.69) is 10.6 Å². The lowest BCUT2D eigenvalue weighted by atomic mass is 9.99. The van der Waals surface area contributed by atoms with Gasteiger partial charge in [0.2, 0.25) is 15.9 Å². The number of hydrogen-bond acceptors (Lipinski definition) is 7. The Bertz CT molecular complexity index is 860. The zero-order valence-electron chi connectivity index (χ0n) is 17.7. The maximum Gasteiger partial charge on any atom is 0.243 e. The van der Waals surface area contributed by atoms with Crippen LogP contribution in [0.25, 0.3) is 0 Å². The van der Waals surface area contributed by atoms with Gasteiger partial charge in [-0.1, -0.05) is 0 Å². The van der Waals surface area contributed by atoms with Crippen LogP contribution in [0.4, 0.5) is 11.4 Å². The molecule has 31 heavy (non-hydrogen) atoms.